The molecule has 0 radical (unpaired) electrons. The minimum atomic E-state index is -0.244. The maximum Gasteiger partial charge on any atom is 0.251 e. The molecule has 2 rings (SSSR count). The van der Waals surface area contributed by atoms with E-state index in [1.54, 1.807) is 6.07 Å². The minimum Gasteiger partial charge on any atom is -0.352 e. The van der Waals surface area contributed by atoms with Crippen LogP contribution in [0, 0.1) is 5.92 Å². The summed E-state index contributed by atoms with van der Waals surface area (Å²) >= 11 is 0. The number of carbonyl (C=O) groups is 1. The summed E-state index contributed by atoms with van der Waals surface area (Å²) in [6.45, 7) is 0.728. The Balaban J connectivity index is 1.92. The minimum absolute atomic E-state index is 0.159. The monoisotopic (exact) mass is 206 g/mol. The molecule has 0 spiro atoms. The van der Waals surface area contributed by atoms with E-state index in [0.717, 1.165) is 6.54 Å². The van der Waals surface area contributed by atoms with E-state index in [9.17, 15) is 9.59 Å². The van der Waals surface area contributed by atoms with E-state index < -0.39 is 0 Å². The fourth-order valence-corrected chi connectivity index (χ4v) is 1.62. The predicted molar refractivity (Wildman–Crippen MR) is 56.7 cm³/mol. The van der Waals surface area contributed by atoms with Crippen LogP contribution in [0.1, 0.15) is 29.6 Å². The van der Waals surface area contributed by atoms with Crippen molar-refractivity contribution in [2.24, 2.45) is 5.92 Å². The second kappa shape index (κ2) is 4.29. The van der Waals surface area contributed by atoms with Crippen LogP contribution in [0.4, 0.5) is 0 Å². The van der Waals surface area contributed by atoms with Gasteiger partial charge in [0.15, 0.2) is 0 Å². The third-order valence-corrected chi connectivity index (χ3v) is 2.81. The quantitative estimate of drug-likeness (QED) is 0.772. The number of amides is 1. The first-order chi connectivity index (χ1) is 7.25. The summed E-state index contributed by atoms with van der Waals surface area (Å²) in [6.07, 6.45) is 5.16. The third-order valence-electron chi connectivity index (χ3n) is 2.81. The summed E-state index contributed by atoms with van der Waals surface area (Å²) in [5.74, 6) is 0.476. The molecule has 1 saturated carbocycles. The first kappa shape index (κ1) is 9.96. The Bertz CT molecular complexity index is 407. The van der Waals surface area contributed by atoms with Crippen molar-refractivity contribution in [1.29, 1.82) is 0 Å². The van der Waals surface area contributed by atoms with E-state index >= 15 is 0 Å². The van der Waals surface area contributed by atoms with Crippen molar-refractivity contribution in [3.05, 3.63) is 34.2 Å². The van der Waals surface area contributed by atoms with Gasteiger partial charge in [0.2, 0.25) is 5.56 Å². The van der Waals surface area contributed by atoms with Crippen LogP contribution in [0.2, 0.25) is 0 Å². The molecule has 2 N–H and O–H groups in total. The molecule has 4 nitrogen and oxygen atoms in total. The van der Waals surface area contributed by atoms with E-state index in [-0.39, 0.29) is 11.5 Å². The zero-order valence-corrected chi connectivity index (χ0v) is 8.45. The van der Waals surface area contributed by atoms with Crippen LogP contribution < -0.4 is 10.9 Å². The average molecular weight is 206 g/mol. The van der Waals surface area contributed by atoms with Crippen LogP contribution in [0.15, 0.2) is 23.1 Å². The van der Waals surface area contributed by atoms with Crippen LogP contribution in [0.25, 0.3) is 0 Å². The fourth-order valence-electron chi connectivity index (χ4n) is 1.62. The van der Waals surface area contributed by atoms with E-state index in [1.807, 2.05) is 0 Å². The smallest absolute Gasteiger partial charge is 0.251 e. The third kappa shape index (κ3) is 2.46. The number of nitrogens with one attached hydrogen (secondary N) is 2. The zero-order chi connectivity index (χ0) is 10.7. The molecule has 0 aliphatic heterocycles. The van der Waals surface area contributed by atoms with Crippen molar-refractivity contribution >= 4 is 5.91 Å². The molecule has 1 heterocycles. The number of pyridine rings is 1. The second-order valence-electron chi connectivity index (χ2n) is 3.95. The van der Waals surface area contributed by atoms with Crippen molar-refractivity contribution in [1.82, 2.24) is 10.3 Å². The zero-order valence-electron chi connectivity index (χ0n) is 8.45. The molecule has 0 unspecified atom stereocenters. The van der Waals surface area contributed by atoms with E-state index in [0.29, 0.717) is 11.5 Å². The van der Waals surface area contributed by atoms with Crippen molar-refractivity contribution in [2.75, 3.05) is 6.54 Å². The highest BCUT2D eigenvalue weighted by Gasteiger charge is 2.18. The van der Waals surface area contributed by atoms with Gasteiger partial charge in [0, 0.05) is 24.4 Å². The molecule has 1 aromatic rings. The molecule has 1 aromatic heterocycles. The van der Waals surface area contributed by atoms with Gasteiger partial charge in [-0.25, -0.2) is 0 Å². The molecule has 1 aliphatic carbocycles. The molecule has 1 fully saturated rings. The van der Waals surface area contributed by atoms with Crippen molar-refractivity contribution in [2.45, 2.75) is 19.3 Å². The van der Waals surface area contributed by atoms with Gasteiger partial charge in [0.25, 0.3) is 5.91 Å². The molecule has 1 aliphatic rings. The maximum atomic E-state index is 11.6. The molecule has 15 heavy (non-hydrogen) atoms. The number of carbonyl (C=O) groups excluding carboxylic acids is 1. The lowest BCUT2D eigenvalue weighted by Gasteiger charge is -2.25. The number of hydrogen-bond donors (Lipinski definition) is 2. The van der Waals surface area contributed by atoms with Gasteiger partial charge in [0.1, 0.15) is 0 Å². The second-order valence-corrected chi connectivity index (χ2v) is 3.95. The number of aromatic amines is 1. The first-order valence-corrected chi connectivity index (χ1v) is 5.22. The Morgan fingerprint density at radius 1 is 1.53 bits per heavy atom. The summed E-state index contributed by atoms with van der Waals surface area (Å²) in [5.41, 5.74) is 0.185. The molecule has 80 valence electrons. The largest absolute Gasteiger partial charge is 0.352 e. The molecule has 0 bridgehead atoms. The van der Waals surface area contributed by atoms with Gasteiger partial charge in [0.05, 0.1) is 0 Å². The number of H-pyrrole nitrogens is 1. The molecule has 0 atom stereocenters. The van der Waals surface area contributed by atoms with Crippen LogP contribution >= 0.6 is 0 Å². The average Bonchev–Trinajstić information content (AvgIpc) is 2.15. The summed E-state index contributed by atoms with van der Waals surface area (Å²) in [4.78, 5) is 25.0. The molecule has 0 saturated heterocycles. The van der Waals surface area contributed by atoms with E-state index in [4.69, 9.17) is 0 Å². The van der Waals surface area contributed by atoms with Gasteiger partial charge in [-0.1, -0.05) is 6.42 Å². The lowest BCUT2D eigenvalue weighted by molar-refractivity contribution is 0.0939. The summed E-state index contributed by atoms with van der Waals surface area (Å²) < 4.78 is 0. The standard InChI is InChI=1S/C11H14N2O2/c14-10-6-9(4-5-12-10)11(15)13-7-8-2-1-3-8/h4-6,8H,1-3,7H2,(H,12,14)(H,13,15). The summed E-state index contributed by atoms with van der Waals surface area (Å²) in [6, 6.07) is 2.92. The van der Waals surface area contributed by atoms with Gasteiger partial charge in [-0.2, -0.15) is 0 Å². The Kier molecular flexibility index (Phi) is 2.85. The van der Waals surface area contributed by atoms with Crippen LogP contribution in [-0.2, 0) is 0 Å². The number of aromatic nitrogens is 1. The topological polar surface area (TPSA) is 62.0 Å². The van der Waals surface area contributed by atoms with Gasteiger partial charge >= 0.3 is 0 Å². The Hall–Kier alpha value is -1.58. The van der Waals surface area contributed by atoms with Crippen molar-refractivity contribution in [3.63, 3.8) is 0 Å². The highest BCUT2D eigenvalue weighted by molar-refractivity contribution is 5.93. The van der Waals surface area contributed by atoms with Crippen molar-refractivity contribution in [3.8, 4) is 0 Å². The molecule has 1 amide bonds. The molecule has 4 heteroatoms. The summed E-state index contributed by atoms with van der Waals surface area (Å²) in [7, 11) is 0. The van der Waals surface area contributed by atoms with E-state index in [2.05, 4.69) is 10.3 Å². The Morgan fingerprint density at radius 3 is 2.93 bits per heavy atom. The summed E-state index contributed by atoms with van der Waals surface area (Å²) in [5, 5.41) is 2.84. The number of rotatable bonds is 3. The van der Waals surface area contributed by atoms with Gasteiger partial charge < -0.3 is 10.3 Å². The maximum absolute atomic E-state index is 11.6. The predicted octanol–water partition coefficient (Wildman–Crippen LogP) is 0.905. The molecular formula is C11H14N2O2. The highest BCUT2D eigenvalue weighted by Crippen LogP contribution is 2.25. The van der Waals surface area contributed by atoms with Crippen LogP contribution in [-0.4, -0.2) is 17.4 Å². The van der Waals surface area contributed by atoms with Crippen molar-refractivity contribution < 1.29 is 4.79 Å². The Labute approximate surface area is 87.7 Å². The fraction of sp³-hybridized carbons (Fsp3) is 0.455. The SMILES string of the molecule is O=C(NCC1CCC1)c1cc[nH]c(=O)c1. The Morgan fingerprint density at radius 2 is 2.33 bits per heavy atom. The van der Waals surface area contributed by atoms with Gasteiger partial charge in [-0.3, -0.25) is 9.59 Å². The van der Waals surface area contributed by atoms with Crippen LogP contribution in [0.3, 0.4) is 0 Å². The lowest BCUT2D eigenvalue weighted by Crippen LogP contribution is -2.32. The first-order valence-electron chi connectivity index (χ1n) is 5.22. The normalized spacial score (nSPS) is 15.7. The van der Waals surface area contributed by atoms with Gasteiger partial charge in [-0.05, 0) is 24.8 Å². The highest BCUT2D eigenvalue weighted by atomic mass is 16.2. The van der Waals surface area contributed by atoms with Gasteiger partial charge in [-0.15, -0.1) is 0 Å². The molecular weight excluding hydrogens is 192 g/mol. The van der Waals surface area contributed by atoms with Crippen LogP contribution in [0.5, 0.6) is 0 Å². The number of hydrogen-bond acceptors (Lipinski definition) is 2. The lowest BCUT2D eigenvalue weighted by atomic mass is 9.85. The molecule has 0 aromatic carbocycles. The van der Waals surface area contributed by atoms with E-state index in [1.165, 1.54) is 31.5 Å².